The Morgan fingerprint density at radius 1 is 1.04 bits per heavy atom. The number of piperazine rings is 1. The van der Waals surface area contributed by atoms with Crippen LogP contribution in [0, 0.1) is 6.92 Å². The molecule has 28 heavy (non-hydrogen) atoms. The van der Waals surface area contributed by atoms with Crippen molar-refractivity contribution in [1.29, 1.82) is 0 Å². The summed E-state index contributed by atoms with van der Waals surface area (Å²) < 4.78 is 5.33. The molecule has 2 aromatic rings. The Labute approximate surface area is 165 Å². The number of aryl methyl sites for hydroxylation is 1. The Morgan fingerprint density at radius 3 is 2.54 bits per heavy atom. The average Bonchev–Trinajstić information content (AvgIpc) is 2.69. The number of hydrogen-bond acceptors (Lipinski definition) is 5. The van der Waals surface area contributed by atoms with Crippen molar-refractivity contribution in [2.45, 2.75) is 13.5 Å². The molecule has 0 N–H and O–H groups in total. The number of esters is 1. The minimum Gasteiger partial charge on any atom is -0.423 e. The van der Waals surface area contributed by atoms with Crippen LogP contribution in [0.1, 0.15) is 11.1 Å². The second-order valence-electron chi connectivity index (χ2n) is 7.44. The van der Waals surface area contributed by atoms with Gasteiger partial charge in [0.15, 0.2) is 5.75 Å². The first-order chi connectivity index (χ1) is 13.6. The number of fused-ring (bicyclic) bond motifs is 1. The van der Waals surface area contributed by atoms with E-state index in [2.05, 4.69) is 29.2 Å². The van der Waals surface area contributed by atoms with Gasteiger partial charge in [-0.3, -0.25) is 9.69 Å². The van der Waals surface area contributed by atoms with Gasteiger partial charge in [-0.15, -0.1) is 0 Å². The molecule has 0 radical (unpaired) electrons. The molecule has 1 saturated heterocycles. The summed E-state index contributed by atoms with van der Waals surface area (Å²) in [5, 5.41) is 0. The van der Waals surface area contributed by atoms with Crippen LogP contribution in [0.4, 0.5) is 5.69 Å². The Bertz CT molecular complexity index is 861. The van der Waals surface area contributed by atoms with E-state index in [4.69, 9.17) is 4.74 Å². The summed E-state index contributed by atoms with van der Waals surface area (Å²) in [6.07, 6.45) is 0. The molecule has 1 amide bonds. The number of carbonyl (C=O) groups is 2. The van der Waals surface area contributed by atoms with Gasteiger partial charge in [-0.25, -0.2) is 4.79 Å². The van der Waals surface area contributed by atoms with Gasteiger partial charge >= 0.3 is 5.97 Å². The highest BCUT2D eigenvalue weighted by Crippen LogP contribution is 2.32. The molecule has 2 aromatic carbocycles. The third-order valence-electron chi connectivity index (χ3n) is 5.30. The molecule has 146 valence electrons. The minimum atomic E-state index is -0.321. The van der Waals surface area contributed by atoms with Crippen LogP contribution in [-0.2, 0) is 16.1 Å². The Hall–Kier alpha value is -2.86. The van der Waals surface area contributed by atoms with Crippen LogP contribution in [0.5, 0.6) is 5.75 Å². The van der Waals surface area contributed by atoms with E-state index in [0.717, 1.165) is 30.9 Å². The van der Waals surface area contributed by atoms with E-state index in [0.29, 0.717) is 18.8 Å². The van der Waals surface area contributed by atoms with Gasteiger partial charge in [-0.2, -0.15) is 0 Å². The molecule has 0 atom stereocenters. The van der Waals surface area contributed by atoms with Crippen LogP contribution in [0.3, 0.4) is 0 Å². The largest absolute Gasteiger partial charge is 0.423 e. The van der Waals surface area contributed by atoms with Crippen LogP contribution < -0.4 is 9.64 Å². The number of benzene rings is 2. The lowest BCUT2D eigenvalue weighted by Gasteiger charge is -2.36. The normalized spacial score (nSPS) is 17.2. The molecule has 0 aliphatic carbocycles. The number of rotatable bonds is 4. The number of anilines is 1. The smallest absolute Gasteiger partial charge is 0.331 e. The van der Waals surface area contributed by atoms with Crippen molar-refractivity contribution < 1.29 is 14.3 Å². The fourth-order valence-electron chi connectivity index (χ4n) is 3.76. The topological polar surface area (TPSA) is 53.1 Å². The number of nitrogens with zero attached hydrogens (tertiary/aromatic N) is 3. The van der Waals surface area contributed by atoms with Crippen molar-refractivity contribution in [3.63, 3.8) is 0 Å². The SMILES string of the molecule is Cc1ccc2c(c1)OC(=O)CN2CC(=O)N1CCN(Cc2ccccc2)CC1. The van der Waals surface area contributed by atoms with Crippen LogP contribution in [0.15, 0.2) is 48.5 Å². The number of amides is 1. The van der Waals surface area contributed by atoms with Crippen molar-refractivity contribution >= 4 is 17.6 Å². The van der Waals surface area contributed by atoms with Gasteiger partial charge in [0, 0.05) is 32.7 Å². The fraction of sp³-hybridized carbons (Fsp3) is 0.364. The molecule has 2 aliphatic heterocycles. The Morgan fingerprint density at radius 2 is 1.79 bits per heavy atom. The summed E-state index contributed by atoms with van der Waals surface area (Å²) in [6.45, 7) is 6.31. The molecule has 1 fully saturated rings. The first kappa shape index (κ1) is 18.5. The van der Waals surface area contributed by atoms with Crippen LogP contribution >= 0.6 is 0 Å². The van der Waals surface area contributed by atoms with E-state index in [9.17, 15) is 9.59 Å². The van der Waals surface area contributed by atoms with Crippen molar-refractivity contribution in [1.82, 2.24) is 9.80 Å². The summed E-state index contributed by atoms with van der Waals surface area (Å²) >= 11 is 0. The van der Waals surface area contributed by atoms with E-state index in [-0.39, 0.29) is 25.0 Å². The van der Waals surface area contributed by atoms with Gasteiger partial charge in [0.25, 0.3) is 0 Å². The summed E-state index contributed by atoms with van der Waals surface area (Å²) in [5.41, 5.74) is 3.12. The molecular weight excluding hydrogens is 354 g/mol. The Balaban J connectivity index is 1.34. The molecule has 0 aromatic heterocycles. The molecule has 0 saturated carbocycles. The molecule has 0 unspecified atom stereocenters. The second-order valence-corrected chi connectivity index (χ2v) is 7.44. The van der Waals surface area contributed by atoms with Gasteiger partial charge in [0.2, 0.25) is 5.91 Å². The molecule has 4 rings (SSSR count). The maximum Gasteiger partial charge on any atom is 0.331 e. The summed E-state index contributed by atoms with van der Waals surface area (Å²) in [6, 6.07) is 16.1. The highest BCUT2D eigenvalue weighted by atomic mass is 16.5. The zero-order chi connectivity index (χ0) is 19.5. The zero-order valence-corrected chi connectivity index (χ0v) is 16.1. The minimum absolute atomic E-state index is 0.0561. The molecular formula is C22H25N3O3. The zero-order valence-electron chi connectivity index (χ0n) is 16.1. The summed E-state index contributed by atoms with van der Waals surface area (Å²) in [7, 11) is 0. The van der Waals surface area contributed by atoms with Gasteiger partial charge < -0.3 is 14.5 Å². The molecule has 2 heterocycles. The molecule has 2 aliphatic rings. The van der Waals surface area contributed by atoms with Gasteiger partial charge in [0.05, 0.1) is 12.2 Å². The first-order valence-electron chi connectivity index (χ1n) is 9.69. The molecule has 0 spiro atoms. The monoisotopic (exact) mass is 379 g/mol. The maximum absolute atomic E-state index is 12.8. The van der Waals surface area contributed by atoms with Gasteiger partial charge in [-0.05, 0) is 30.2 Å². The average molecular weight is 379 g/mol. The third kappa shape index (κ3) is 4.17. The van der Waals surface area contributed by atoms with Crippen LogP contribution in [0.25, 0.3) is 0 Å². The Kier molecular flexibility index (Phi) is 5.30. The van der Waals surface area contributed by atoms with E-state index in [1.165, 1.54) is 5.56 Å². The molecule has 6 nitrogen and oxygen atoms in total. The fourth-order valence-corrected chi connectivity index (χ4v) is 3.76. The predicted molar refractivity (Wildman–Crippen MR) is 107 cm³/mol. The van der Waals surface area contributed by atoms with Crippen LogP contribution in [0.2, 0.25) is 0 Å². The van der Waals surface area contributed by atoms with E-state index >= 15 is 0 Å². The van der Waals surface area contributed by atoms with Crippen molar-refractivity contribution in [3.05, 3.63) is 59.7 Å². The van der Waals surface area contributed by atoms with Gasteiger partial charge in [0.1, 0.15) is 6.54 Å². The quantitative estimate of drug-likeness (QED) is 0.601. The molecule has 6 heteroatoms. The number of hydrogen-bond donors (Lipinski definition) is 0. The van der Waals surface area contributed by atoms with Crippen LogP contribution in [-0.4, -0.2) is 60.9 Å². The summed E-state index contributed by atoms with van der Waals surface area (Å²) in [4.78, 5) is 30.8. The number of ether oxygens (including phenoxy) is 1. The lowest BCUT2D eigenvalue weighted by molar-refractivity contribution is -0.134. The highest BCUT2D eigenvalue weighted by molar-refractivity contribution is 5.89. The lowest BCUT2D eigenvalue weighted by Crippen LogP contribution is -2.52. The van der Waals surface area contributed by atoms with Crippen molar-refractivity contribution in [3.8, 4) is 5.75 Å². The van der Waals surface area contributed by atoms with Crippen molar-refractivity contribution in [2.24, 2.45) is 0 Å². The molecule has 0 bridgehead atoms. The summed E-state index contributed by atoms with van der Waals surface area (Å²) in [5.74, 6) is 0.274. The maximum atomic E-state index is 12.8. The van der Waals surface area contributed by atoms with E-state index in [1.54, 1.807) is 0 Å². The first-order valence-corrected chi connectivity index (χ1v) is 9.69. The second kappa shape index (κ2) is 8.02. The van der Waals surface area contributed by atoms with Crippen molar-refractivity contribution in [2.75, 3.05) is 44.2 Å². The van der Waals surface area contributed by atoms with E-state index < -0.39 is 0 Å². The predicted octanol–water partition coefficient (Wildman–Crippen LogP) is 2.06. The standard InChI is InChI=1S/C22H25N3O3/c1-17-7-8-19-20(13-17)28-22(27)16-25(19)15-21(26)24-11-9-23(10-12-24)14-18-5-3-2-4-6-18/h2-8,13H,9-12,14-16H2,1H3. The van der Waals surface area contributed by atoms with E-state index in [1.807, 2.05) is 41.0 Å². The number of carbonyl (C=O) groups excluding carboxylic acids is 2. The van der Waals surface area contributed by atoms with Gasteiger partial charge in [-0.1, -0.05) is 36.4 Å². The lowest BCUT2D eigenvalue weighted by atomic mass is 10.1. The third-order valence-corrected chi connectivity index (χ3v) is 5.30. The highest BCUT2D eigenvalue weighted by Gasteiger charge is 2.28.